The molecule has 18 heteroatoms. The lowest BCUT2D eigenvalue weighted by Crippen LogP contribution is -2.49. The number of rotatable bonds is 7. The smallest absolute Gasteiger partial charge is 0.369 e. The van der Waals surface area contributed by atoms with Crippen molar-refractivity contribution in [3.8, 4) is 11.8 Å². The van der Waals surface area contributed by atoms with Gasteiger partial charge in [0.15, 0.2) is 5.82 Å². The number of fused-ring (bicyclic) bond motifs is 1. The Labute approximate surface area is 304 Å². The highest BCUT2D eigenvalue weighted by atomic mass is 32.2. The number of urea groups is 1. The maximum absolute atomic E-state index is 13.6. The maximum atomic E-state index is 13.6. The van der Waals surface area contributed by atoms with Crippen LogP contribution in [0.1, 0.15) is 30.4 Å². The van der Waals surface area contributed by atoms with E-state index >= 15 is 0 Å². The van der Waals surface area contributed by atoms with Crippen LogP contribution < -0.4 is 20.4 Å². The molecule has 0 atom stereocenters. The zero-order chi connectivity index (χ0) is 37.3. The van der Waals surface area contributed by atoms with Gasteiger partial charge in [0.1, 0.15) is 0 Å². The number of imide groups is 1. The number of halogens is 3. The molecule has 7 rings (SSSR count). The molecule has 3 amide bonds. The summed E-state index contributed by atoms with van der Waals surface area (Å²) in [6.45, 7) is 4.24. The number of alkyl halides is 3. The molecule has 14 nitrogen and oxygen atoms in total. The van der Waals surface area contributed by atoms with Crippen molar-refractivity contribution >= 4 is 50.3 Å². The first-order valence-corrected chi connectivity index (χ1v) is 18.6. The number of sulfonamides is 1. The summed E-state index contributed by atoms with van der Waals surface area (Å²) in [5.41, 5.74) is 1.53. The summed E-state index contributed by atoms with van der Waals surface area (Å²) in [7, 11) is -1.96. The van der Waals surface area contributed by atoms with Gasteiger partial charge >= 0.3 is 12.2 Å². The Bertz CT molecular complexity index is 2180. The average molecular weight is 751 g/mol. The molecule has 0 spiro atoms. The summed E-state index contributed by atoms with van der Waals surface area (Å²) < 4.78 is 68.8. The van der Waals surface area contributed by atoms with Crippen LogP contribution in [0, 0.1) is 11.8 Å². The molecule has 0 radical (unpaired) electrons. The van der Waals surface area contributed by atoms with Crippen LogP contribution in [0.4, 0.5) is 35.4 Å². The summed E-state index contributed by atoms with van der Waals surface area (Å²) in [5.74, 6) is 6.76. The first-order valence-electron chi connectivity index (χ1n) is 17.2. The van der Waals surface area contributed by atoms with Crippen molar-refractivity contribution < 1.29 is 31.2 Å². The van der Waals surface area contributed by atoms with Crippen LogP contribution in [-0.4, -0.2) is 108 Å². The van der Waals surface area contributed by atoms with Gasteiger partial charge in [0.05, 0.1) is 22.5 Å². The Balaban J connectivity index is 0.909. The molecule has 53 heavy (non-hydrogen) atoms. The zero-order valence-corrected chi connectivity index (χ0v) is 29.6. The summed E-state index contributed by atoms with van der Waals surface area (Å²) >= 11 is 0. The fraction of sp³-hybridized carbons (Fsp3) is 0.400. The molecule has 3 saturated heterocycles. The molecule has 0 bridgehead atoms. The predicted octanol–water partition coefficient (Wildman–Crippen LogP) is 3.27. The second-order valence-electron chi connectivity index (χ2n) is 13.1. The van der Waals surface area contributed by atoms with Gasteiger partial charge in [-0.25, -0.2) is 23.2 Å². The number of hydrogen-bond donors (Lipinski definition) is 2. The normalized spacial score (nSPS) is 18.2. The largest absolute Gasteiger partial charge is 0.419 e. The first-order chi connectivity index (χ1) is 25.3. The van der Waals surface area contributed by atoms with E-state index in [1.807, 2.05) is 24.3 Å². The van der Waals surface area contributed by atoms with E-state index in [1.165, 1.54) is 9.21 Å². The molecular weight excluding hydrogens is 714 g/mol. The van der Waals surface area contributed by atoms with E-state index in [9.17, 15) is 31.2 Å². The van der Waals surface area contributed by atoms with Gasteiger partial charge in [-0.15, -0.1) is 0 Å². The number of benzene rings is 2. The first kappa shape index (κ1) is 36.1. The lowest BCUT2D eigenvalue weighted by molar-refractivity contribution is -0.138. The van der Waals surface area contributed by atoms with Gasteiger partial charge in [0.2, 0.25) is 21.9 Å². The number of carbonyl (C=O) groups excluding carboxylic acids is 2. The summed E-state index contributed by atoms with van der Waals surface area (Å²) in [6.07, 6.45) is -1.94. The van der Waals surface area contributed by atoms with E-state index in [4.69, 9.17) is 0 Å². The van der Waals surface area contributed by atoms with Crippen LogP contribution in [0.5, 0.6) is 0 Å². The molecule has 0 aliphatic carbocycles. The predicted molar refractivity (Wildman–Crippen MR) is 191 cm³/mol. The van der Waals surface area contributed by atoms with Gasteiger partial charge in [-0.2, -0.15) is 22.6 Å². The van der Waals surface area contributed by atoms with Crippen LogP contribution in [0.2, 0.25) is 0 Å². The standard InChI is InChI=1S/C35H37F3N10O4S/c1-44-30-20-24(7-8-29(30)32(43-44)48-15-11-31(49)42-34(48)50)4-3-12-45-16-18-46(19-17-45)27-5-2-6-28(21-27)53(51,52)47-13-9-26(10-14-47)41-33-39-22-25(23-40-33)35(36,37)38/h2,5-8,20-23,26H,9-19H2,1H3,(H,39,40,41)(H,42,49,50). The number of aromatic nitrogens is 4. The van der Waals surface area contributed by atoms with Crippen molar-refractivity contribution in [2.75, 3.05) is 67.5 Å². The third-order valence-corrected chi connectivity index (χ3v) is 11.5. The third kappa shape index (κ3) is 7.92. The molecular formula is C35H37F3N10O4S. The minimum atomic E-state index is -4.52. The third-order valence-electron chi connectivity index (χ3n) is 9.64. The van der Waals surface area contributed by atoms with Crippen molar-refractivity contribution in [2.45, 2.75) is 36.4 Å². The molecule has 5 heterocycles. The number of nitrogens with one attached hydrogen (secondary N) is 2. The highest BCUT2D eigenvalue weighted by Gasteiger charge is 2.33. The van der Waals surface area contributed by atoms with Crippen LogP contribution in [0.25, 0.3) is 10.9 Å². The van der Waals surface area contributed by atoms with Gasteiger partial charge < -0.3 is 10.2 Å². The summed E-state index contributed by atoms with van der Waals surface area (Å²) in [6, 6.07) is 12.0. The summed E-state index contributed by atoms with van der Waals surface area (Å²) in [5, 5.41) is 10.7. The van der Waals surface area contributed by atoms with E-state index in [2.05, 4.69) is 47.3 Å². The number of nitrogens with zero attached hydrogens (tertiary/aromatic N) is 8. The van der Waals surface area contributed by atoms with Crippen molar-refractivity contribution in [3.63, 3.8) is 0 Å². The Hall–Kier alpha value is -5.25. The molecule has 3 aliphatic rings. The van der Waals surface area contributed by atoms with E-state index in [-0.39, 0.29) is 48.8 Å². The molecule has 0 unspecified atom stereocenters. The lowest BCUT2D eigenvalue weighted by Gasteiger charge is -2.35. The van der Waals surface area contributed by atoms with E-state index < -0.39 is 27.8 Å². The second-order valence-corrected chi connectivity index (χ2v) is 15.1. The Morgan fingerprint density at radius 1 is 0.962 bits per heavy atom. The number of aryl methyl sites for hydroxylation is 1. The number of anilines is 3. The van der Waals surface area contributed by atoms with Crippen LogP contribution in [0.3, 0.4) is 0 Å². The van der Waals surface area contributed by atoms with E-state index in [0.29, 0.717) is 38.3 Å². The van der Waals surface area contributed by atoms with Gasteiger partial charge in [-0.05, 0) is 49.2 Å². The lowest BCUT2D eigenvalue weighted by atomic mass is 10.1. The van der Waals surface area contributed by atoms with Crippen molar-refractivity contribution in [1.82, 2.24) is 34.3 Å². The fourth-order valence-corrected chi connectivity index (χ4v) is 8.17. The van der Waals surface area contributed by atoms with E-state index in [1.54, 1.807) is 29.9 Å². The maximum Gasteiger partial charge on any atom is 0.419 e. The highest BCUT2D eigenvalue weighted by molar-refractivity contribution is 7.89. The highest BCUT2D eigenvalue weighted by Crippen LogP contribution is 2.30. The Morgan fingerprint density at radius 2 is 1.70 bits per heavy atom. The minimum absolute atomic E-state index is 0.0730. The number of amides is 3. The molecule has 3 aliphatic heterocycles. The van der Waals surface area contributed by atoms with Crippen LogP contribution in [0.15, 0.2) is 59.8 Å². The van der Waals surface area contributed by atoms with Gasteiger partial charge in [-0.3, -0.25) is 24.6 Å². The Morgan fingerprint density at radius 3 is 2.40 bits per heavy atom. The zero-order valence-electron chi connectivity index (χ0n) is 28.8. The average Bonchev–Trinajstić information content (AvgIpc) is 3.47. The van der Waals surface area contributed by atoms with Crippen molar-refractivity contribution in [1.29, 1.82) is 0 Å². The molecule has 0 saturated carbocycles. The van der Waals surface area contributed by atoms with Gasteiger partial charge in [-0.1, -0.05) is 17.9 Å². The molecule has 4 aromatic rings. The molecule has 2 aromatic heterocycles. The summed E-state index contributed by atoms with van der Waals surface area (Å²) in [4.78, 5) is 37.6. The topological polar surface area (TPSA) is 149 Å². The number of piperazine rings is 1. The van der Waals surface area contributed by atoms with Crippen molar-refractivity contribution in [2.24, 2.45) is 7.05 Å². The molecule has 3 fully saturated rings. The molecule has 278 valence electrons. The quantitative estimate of drug-likeness (QED) is 0.270. The number of hydrogen-bond acceptors (Lipinski definition) is 10. The second kappa shape index (κ2) is 14.6. The van der Waals surface area contributed by atoms with Gasteiger partial charge in [0.25, 0.3) is 0 Å². The minimum Gasteiger partial charge on any atom is -0.369 e. The number of carbonyl (C=O) groups is 2. The fourth-order valence-electron chi connectivity index (χ4n) is 6.66. The van der Waals surface area contributed by atoms with Crippen LogP contribution in [-0.2, 0) is 28.0 Å². The van der Waals surface area contributed by atoms with E-state index in [0.717, 1.165) is 47.6 Å². The SMILES string of the molecule is Cn1nc(N2CCC(=O)NC2=O)c2ccc(C#CCN3CCN(c4cccc(S(=O)(=O)N5CCC(Nc6ncc(C(F)(F)F)cn6)CC5)c4)CC3)cc21. The monoisotopic (exact) mass is 750 g/mol. The molecule has 2 N–H and O–H groups in total. The number of piperidine rings is 1. The van der Waals surface area contributed by atoms with Crippen molar-refractivity contribution in [3.05, 3.63) is 66.0 Å². The van der Waals surface area contributed by atoms with Crippen LogP contribution >= 0.6 is 0 Å². The molecule has 2 aromatic carbocycles. The Kier molecular flexibility index (Phi) is 9.98. The van der Waals surface area contributed by atoms with Gasteiger partial charge in [0, 0.05) is 94.4 Å².